The van der Waals surface area contributed by atoms with Crippen molar-refractivity contribution in [2.45, 2.75) is 39.0 Å². The number of carbonyl (C=O) groups excluding carboxylic acids is 1. The molecule has 0 atom stereocenters. The van der Waals surface area contributed by atoms with Gasteiger partial charge in [0.05, 0.1) is 6.61 Å². The van der Waals surface area contributed by atoms with Gasteiger partial charge in [-0.15, -0.1) is 10.2 Å². The molecule has 1 heterocycles. The van der Waals surface area contributed by atoms with Crippen LogP contribution in [0.25, 0.3) is 0 Å². The number of rotatable bonds is 10. The highest BCUT2D eigenvalue weighted by Gasteiger charge is 2.01. The van der Waals surface area contributed by atoms with E-state index in [4.69, 9.17) is 4.74 Å². The minimum absolute atomic E-state index is 0.0854. The van der Waals surface area contributed by atoms with Crippen molar-refractivity contribution in [2.24, 2.45) is 7.05 Å². The van der Waals surface area contributed by atoms with Crippen LogP contribution in [0.3, 0.4) is 0 Å². The maximum Gasteiger partial charge on any atom is 0.305 e. The molecule has 0 aliphatic carbocycles. The first-order chi connectivity index (χ1) is 9.24. The molecule has 0 saturated heterocycles. The third kappa shape index (κ3) is 6.91. The molecule has 0 saturated carbocycles. The highest BCUT2D eigenvalue weighted by Crippen LogP contribution is 2.00. The highest BCUT2D eigenvalue weighted by molar-refractivity contribution is 5.69. The maximum absolute atomic E-state index is 11.1. The van der Waals surface area contributed by atoms with Crippen LogP contribution < -0.4 is 5.32 Å². The van der Waals surface area contributed by atoms with Crippen molar-refractivity contribution >= 4 is 5.97 Å². The third-order valence-electron chi connectivity index (χ3n) is 2.87. The van der Waals surface area contributed by atoms with Crippen LogP contribution in [-0.2, 0) is 23.0 Å². The van der Waals surface area contributed by atoms with E-state index in [0.29, 0.717) is 13.0 Å². The number of unbranched alkanes of at least 4 members (excludes halogenated alkanes) is 2. The molecule has 0 aliphatic heterocycles. The first-order valence-electron chi connectivity index (χ1n) is 6.93. The Labute approximate surface area is 114 Å². The number of nitrogens with zero attached hydrogens (tertiary/aromatic N) is 3. The third-order valence-corrected chi connectivity index (χ3v) is 2.87. The van der Waals surface area contributed by atoms with Crippen LogP contribution in [0.2, 0.25) is 0 Å². The molecule has 0 amide bonds. The molecule has 0 radical (unpaired) electrons. The largest absolute Gasteiger partial charge is 0.466 e. The Bertz CT molecular complexity index is 365. The van der Waals surface area contributed by atoms with Crippen molar-refractivity contribution in [3.8, 4) is 0 Å². The first kappa shape index (κ1) is 15.6. The van der Waals surface area contributed by atoms with Crippen molar-refractivity contribution < 1.29 is 9.53 Å². The summed E-state index contributed by atoms with van der Waals surface area (Å²) in [5.41, 5.74) is 0. The molecule has 0 spiro atoms. The van der Waals surface area contributed by atoms with Gasteiger partial charge in [-0.1, -0.05) is 6.42 Å². The fourth-order valence-corrected chi connectivity index (χ4v) is 1.79. The number of hydrogen-bond donors (Lipinski definition) is 1. The highest BCUT2D eigenvalue weighted by atomic mass is 16.5. The molecule has 19 heavy (non-hydrogen) atoms. The van der Waals surface area contributed by atoms with Gasteiger partial charge in [-0.25, -0.2) is 0 Å². The second-order valence-corrected chi connectivity index (χ2v) is 4.47. The van der Waals surface area contributed by atoms with Crippen LogP contribution in [0.15, 0.2) is 6.33 Å². The quantitative estimate of drug-likeness (QED) is 0.508. The molecule has 1 N–H and O–H groups in total. The Morgan fingerprint density at radius 1 is 1.37 bits per heavy atom. The molecule has 0 aromatic carbocycles. The molecule has 1 aromatic rings. The van der Waals surface area contributed by atoms with Gasteiger partial charge in [-0.3, -0.25) is 4.79 Å². The van der Waals surface area contributed by atoms with E-state index in [1.54, 1.807) is 6.33 Å². The van der Waals surface area contributed by atoms with Crippen LogP contribution in [0.4, 0.5) is 0 Å². The lowest BCUT2D eigenvalue weighted by molar-refractivity contribution is -0.143. The first-order valence-corrected chi connectivity index (χ1v) is 6.93. The van der Waals surface area contributed by atoms with Crippen LogP contribution in [0.1, 0.15) is 38.4 Å². The number of ether oxygens (including phenoxy) is 1. The summed E-state index contributed by atoms with van der Waals surface area (Å²) >= 11 is 0. The summed E-state index contributed by atoms with van der Waals surface area (Å²) in [7, 11) is 1.95. The number of carbonyl (C=O) groups is 1. The van der Waals surface area contributed by atoms with Gasteiger partial charge in [0.25, 0.3) is 0 Å². The lowest BCUT2D eigenvalue weighted by Gasteiger charge is -2.04. The molecule has 6 nitrogen and oxygen atoms in total. The van der Waals surface area contributed by atoms with Gasteiger partial charge >= 0.3 is 5.97 Å². The molecule has 0 unspecified atom stereocenters. The number of aromatic nitrogens is 3. The average molecular weight is 268 g/mol. The number of nitrogens with one attached hydrogen (secondary N) is 1. The Morgan fingerprint density at radius 3 is 2.89 bits per heavy atom. The molecule has 108 valence electrons. The fourth-order valence-electron chi connectivity index (χ4n) is 1.79. The SMILES string of the molecule is CCOC(=O)CCCCCNCCc1nncn1C. The topological polar surface area (TPSA) is 69.0 Å². The maximum atomic E-state index is 11.1. The molecule has 0 aliphatic rings. The van der Waals surface area contributed by atoms with Gasteiger partial charge < -0.3 is 14.6 Å². The summed E-state index contributed by atoms with van der Waals surface area (Å²) in [5.74, 6) is 0.910. The minimum Gasteiger partial charge on any atom is -0.466 e. The molecular formula is C13H24N4O2. The van der Waals surface area contributed by atoms with Crippen LogP contribution in [0.5, 0.6) is 0 Å². The summed E-state index contributed by atoms with van der Waals surface area (Å²) < 4.78 is 6.80. The van der Waals surface area contributed by atoms with Crippen molar-refractivity contribution in [1.82, 2.24) is 20.1 Å². The van der Waals surface area contributed by atoms with Crippen molar-refractivity contribution in [2.75, 3.05) is 19.7 Å². The van der Waals surface area contributed by atoms with Crippen LogP contribution in [0, 0.1) is 0 Å². The summed E-state index contributed by atoms with van der Waals surface area (Å²) in [4.78, 5) is 11.1. The predicted molar refractivity (Wildman–Crippen MR) is 72.7 cm³/mol. The van der Waals surface area contributed by atoms with Gasteiger partial charge in [0, 0.05) is 26.4 Å². The normalized spacial score (nSPS) is 10.6. The van der Waals surface area contributed by atoms with E-state index in [1.165, 1.54) is 0 Å². The van der Waals surface area contributed by atoms with E-state index < -0.39 is 0 Å². The van der Waals surface area contributed by atoms with Crippen LogP contribution >= 0.6 is 0 Å². The van der Waals surface area contributed by atoms with Gasteiger partial charge in [-0.05, 0) is 26.3 Å². The zero-order valence-corrected chi connectivity index (χ0v) is 11.9. The number of hydrogen-bond acceptors (Lipinski definition) is 5. The lowest BCUT2D eigenvalue weighted by atomic mass is 10.2. The molecule has 6 heteroatoms. The molecule has 1 aromatic heterocycles. The zero-order chi connectivity index (χ0) is 13.9. The van der Waals surface area contributed by atoms with E-state index in [-0.39, 0.29) is 5.97 Å². The Balaban J connectivity index is 1.89. The second kappa shape index (κ2) is 9.49. The Kier molecular flexibility index (Phi) is 7.81. The van der Waals surface area contributed by atoms with E-state index in [1.807, 2.05) is 18.5 Å². The van der Waals surface area contributed by atoms with Gasteiger partial charge in [0.1, 0.15) is 12.2 Å². The van der Waals surface area contributed by atoms with Crippen LogP contribution in [-0.4, -0.2) is 40.4 Å². The second-order valence-electron chi connectivity index (χ2n) is 4.47. The van der Waals surface area contributed by atoms with Crippen molar-refractivity contribution in [3.63, 3.8) is 0 Å². The van der Waals surface area contributed by atoms with Gasteiger partial charge in [0.15, 0.2) is 0 Å². The monoisotopic (exact) mass is 268 g/mol. The summed E-state index contributed by atoms with van der Waals surface area (Å²) in [6.45, 7) is 4.19. The van der Waals surface area contributed by atoms with Gasteiger partial charge in [-0.2, -0.15) is 0 Å². The van der Waals surface area contributed by atoms with E-state index in [0.717, 1.165) is 44.6 Å². The molecule has 1 rings (SSSR count). The minimum atomic E-state index is -0.0854. The summed E-state index contributed by atoms with van der Waals surface area (Å²) in [5, 5.41) is 11.2. The smallest absolute Gasteiger partial charge is 0.305 e. The number of aryl methyl sites for hydroxylation is 1. The average Bonchev–Trinajstić information content (AvgIpc) is 2.79. The lowest BCUT2D eigenvalue weighted by Crippen LogP contribution is -2.19. The predicted octanol–water partition coefficient (Wildman–Crippen LogP) is 1.07. The van der Waals surface area contributed by atoms with E-state index >= 15 is 0 Å². The summed E-state index contributed by atoms with van der Waals surface area (Å²) in [6.07, 6.45) is 6.18. The molecule has 0 fully saturated rings. The van der Waals surface area contributed by atoms with Crippen molar-refractivity contribution in [1.29, 1.82) is 0 Å². The van der Waals surface area contributed by atoms with Gasteiger partial charge in [0.2, 0.25) is 0 Å². The van der Waals surface area contributed by atoms with Crippen molar-refractivity contribution in [3.05, 3.63) is 12.2 Å². The zero-order valence-electron chi connectivity index (χ0n) is 11.9. The standard InChI is InChI=1S/C13H24N4O2/c1-3-19-13(18)7-5-4-6-9-14-10-8-12-16-15-11-17(12)2/h11,14H,3-10H2,1-2H3. The Morgan fingerprint density at radius 2 is 2.21 bits per heavy atom. The van der Waals surface area contributed by atoms with E-state index in [2.05, 4.69) is 15.5 Å². The Hall–Kier alpha value is -1.43. The van der Waals surface area contributed by atoms with E-state index in [9.17, 15) is 4.79 Å². The number of esters is 1. The summed E-state index contributed by atoms with van der Waals surface area (Å²) in [6, 6.07) is 0. The molecule has 0 bridgehead atoms. The molecular weight excluding hydrogens is 244 g/mol. The fraction of sp³-hybridized carbons (Fsp3) is 0.769.